The van der Waals surface area contributed by atoms with Gasteiger partial charge in [0, 0.05) is 44.5 Å². The average molecular weight is 284 g/mol. The summed E-state index contributed by atoms with van der Waals surface area (Å²) in [6, 6.07) is 4.04. The third-order valence-electron chi connectivity index (χ3n) is 4.41. The van der Waals surface area contributed by atoms with Crippen LogP contribution in [0.3, 0.4) is 0 Å². The lowest BCUT2D eigenvalue weighted by atomic mass is 10.1. The fourth-order valence-electron chi connectivity index (χ4n) is 3.05. The predicted octanol–water partition coefficient (Wildman–Crippen LogP) is 1.21. The number of nitrogens with zero attached hydrogens (tertiary/aromatic N) is 2. The van der Waals surface area contributed by atoms with Gasteiger partial charge in [0.15, 0.2) is 0 Å². The maximum absolute atomic E-state index is 12.1. The van der Waals surface area contributed by atoms with Crippen LogP contribution < -0.4 is 10.9 Å². The van der Waals surface area contributed by atoms with Gasteiger partial charge in [-0.1, -0.05) is 0 Å². The van der Waals surface area contributed by atoms with Gasteiger partial charge in [-0.05, 0) is 36.5 Å². The molecule has 21 heavy (non-hydrogen) atoms. The molecule has 3 heterocycles. The zero-order valence-corrected chi connectivity index (χ0v) is 12.1. The van der Waals surface area contributed by atoms with Crippen LogP contribution >= 0.6 is 0 Å². The number of hydrogen-bond donors (Lipinski definition) is 2. The van der Waals surface area contributed by atoms with Crippen LogP contribution in [0.15, 0.2) is 23.1 Å². The molecule has 1 saturated carbocycles. The van der Waals surface area contributed by atoms with Crippen molar-refractivity contribution < 1.29 is 0 Å². The molecule has 2 N–H and O–H groups in total. The number of rotatable bonds is 3. The van der Waals surface area contributed by atoms with E-state index in [-0.39, 0.29) is 5.56 Å². The molecule has 0 aromatic carbocycles. The standard InChI is InChI=1S/C16H20N4O/c21-16-13(12-1-2-12)8-14-15(19-16)7-11(9-18-14)10-20-5-3-17-4-6-20/h7-9,12,17H,1-6,10H2,(H,19,21). The first-order valence-corrected chi connectivity index (χ1v) is 7.74. The molecular formula is C16H20N4O. The number of aromatic nitrogens is 2. The quantitative estimate of drug-likeness (QED) is 0.889. The summed E-state index contributed by atoms with van der Waals surface area (Å²) in [4.78, 5) is 22.1. The highest BCUT2D eigenvalue weighted by atomic mass is 16.1. The van der Waals surface area contributed by atoms with E-state index in [2.05, 4.69) is 26.3 Å². The van der Waals surface area contributed by atoms with Crippen molar-refractivity contribution in [1.29, 1.82) is 0 Å². The fraction of sp³-hybridized carbons (Fsp3) is 0.500. The van der Waals surface area contributed by atoms with E-state index >= 15 is 0 Å². The van der Waals surface area contributed by atoms with E-state index < -0.39 is 0 Å². The lowest BCUT2D eigenvalue weighted by Crippen LogP contribution is -2.42. The predicted molar refractivity (Wildman–Crippen MR) is 82.5 cm³/mol. The summed E-state index contributed by atoms with van der Waals surface area (Å²) in [6.07, 6.45) is 4.21. The van der Waals surface area contributed by atoms with Crippen LogP contribution in [0, 0.1) is 0 Å². The van der Waals surface area contributed by atoms with Gasteiger partial charge < -0.3 is 10.3 Å². The molecular weight excluding hydrogens is 264 g/mol. The number of fused-ring (bicyclic) bond motifs is 1. The molecule has 2 aromatic heterocycles. The Morgan fingerprint density at radius 2 is 2.05 bits per heavy atom. The van der Waals surface area contributed by atoms with Crippen molar-refractivity contribution in [1.82, 2.24) is 20.2 Å². The maximum Gasteiger partial charge on any atom is 0.252 e. The van der Waals surface area contributed by atoms with Gasteiger partial charge in [-0.2, -0.15) is 0 Å². The Morgan fingerprint density at radius 1 is 1.24 bits per heavy atom. The maximum atomic E-state index is 12.1. The molecule has 2 aliphatic rings. The van der Waals surface area contributed by atoms with Crippen molar-refractivity contribution in [3.63, 3.8) is 0 Å². The molecule has 2 aromatic rings. The Kier molecular flexibility index (Phi) is 3.24. The van der Waals surface area contributed by atoms with Gasteiger partial charge in [-0.3, -0.25) is 14.7 Å². The summed E-state index contributed by atoms with van der Waals surface area (Å²) in [5, 5.41) is 3.36. The van der Waals surface area contributed by atoms with Crippen LogP contribution in [0.2, 0.25) is 0 Å². The lowest BCUT2D eigenvalue weighted by Gasteiger charge is -2.27. The van der Waals surface area contributed by atoms with E-state index in [0.29, 0.717) is 5.92 Å². The minimum Gasteiger partial charge on any atom is -0.320 e. The second-order valence-electron chi connectivity index (χ2n) is 6.13. The SMILES string of the molecule is O=c1[nH]c2cc(CN3CCNCC3)cnc2cc1C1CC1. The number of hydrogen-bond acceptors (Lipinski definition) is 4. The molecule has 0 bridgehead atoms. The highest BCUT2D eigenvalue weighted by molar-refractivity contribution is 5.75. The largest absolute Gasteiger partial charge is 0.320 e. The molecule has 110 valence electrons. The topological polar surface area (TPSA) is 61.0 Å². The molecule has 0 spiro atoms. The van der Waals surface area contributed by atoms with Gasteiger partial charge >= 0.3 is 0 Å². The third kappa shape index (κ3) is 2.71. The minimum absolute atomic E-state index is 0.0612. The zero-order valence-electron chi connectivity index (χ0n) is 12.1. The van der Waals surface area contributed by atoms with Gasteiger partial charge in [0.2, 0.25) is 0 Å². The number of piperazine rings is 1. The van der Waals surface area contributed by atoms with E-state index in [9.17, 15) is 4.79 Å². The monoisotopic (exact) mass is 284 g/mol. The molecule has 0 amide bonds. The molecule has 1 aliphatic carbocycles. The Hall–Kier alpha value is -1.72. The van der Waals surface area contributed by atoms with Gasteiger partial charge in [-0.25, -0.2) is 0 Å². The number of H-pyrrole nitrogens is 1. The summed E-state index contributed by atoms with van der Waals surface area (Å²) in [6.45, 7) is 5.12. The third-order valence-corrected chi connectivity index (χ3v) is 4.41. The highest BCUT2D eigenvalue weighted by Crippen LogP contribution is 2.38. The van der Waals surface area contributed by atoms with Crippen molar-refractivity contribution >= 4 is 11.0 Å². The summed E-state index contributed by atoms with van der Waals surface area (Å²) in [5.41, 5.74) is 3.90. The molecule has 0 unspecified atom stereocenters. The second-order valence-corrected chi connectivity index (χ2v) is 6.13. The van der Waals surface area contributed by atoms with E-state index in [1.54, 1.807) is 0 Å². The Morgan fingerprint density at radius 3 is 2.81 bits per heavy atom. The molecule has 1 saturated heterocycles. The summed E-state index contributed by atoms with van der Waals surface area (Å²) < 4.78 is 0. The van der Waals surface area contributed by atoms with Gasteiger partial charge in [0.1, 0.15) is 0 Å². The Labute approximate surface area is 123 Å². The van der Waals surface area contributed by atoms with Crippen LogP contribution in [0.5, 0.6) is 0 Å². The van der Waals surface area contributed by atoms with Crippen LogP contribution in [-0.4, -0.2) is 41.0 Å². The average Bonchev–Trinajstić information content (AvgIpc) is 3.32. The first-order chi connectivity index (χ1) is 10.3. The summed E-state index contributed by atoms with van der Waals surface area (Å²) in [7, 11) is 0. The summed E-state index contributed by atoms with van der Waals surface area (Å²) in [5.74, 6) is 0.459. The van der Waals surface area contributed by atoms with E-state index in [0.717, 1.165) is 62.2 Å². The number of aromatic amines is 1. The Balaban J connectivity index is 1.63. The van der Waals surface area contributed by atoms with Gasteiger partial charge in [-0.15, -0.1) is 0 Å². The fourth-order valence-corrected chi connectivity index (χ4v) is 3.05. The molecule has 4 rings (SSSR count). The van der Waals surface area contributed by atoms with Crippen molar-refractivity contribution in [2.75, 3.05) is 26.2 Å². The smallest absolute Gasteiger partial charge is 0.252 e. The molecule has 2 fully saturated rings. The van der Waals surface area contributed by atoms with Gasteiger partial charge in [0.05, 0.1) is 11.0 Å². The van der Waals surface area contributed by atoms with E-state index in [4.69, 9.17) is 0 Å². The summed E-state index contributed by atoms with van der Waals surface area (Å²) >= 11 is 0. The van der Waals surface area contributed by atoms with Crippen molar-refractivity contribution in [2.45, 2.75) is 25.3 Å². The van der Waals surface area contributed by atoms with Crippen molar-refractivity contribution in [2.24, 2.45) is 0 Å². The second kappa shape index (κ2) is 5.24. The molecule has 1 aliphatic heterocycles. The van der Waals surface area contributed by atoms with Crippen molar-refractivity contribution in [3.8, 4) is 0 Å². The first-order valence-electron chi connectivity index (χ1n) is 7.74. The van der Waals surface area contributed by atoms with Crippen LogP contribution in [0.25, 0.3) is 11.0 Å². The molecule has 0 radical (unpaired) electrons. The van der Waals surface area contributed by atoms with Crippen molar-refractivity contribution in [3.05, 3.63) is 39.8 Å². The lowest BCUT2D eigenvalue weighted by molar-refractivity contribution is 0.233. The van der Waals surface area contributed by atoms with Crippen LogP contribution in [-0.2, 0) is 6.54 Å². The molecule has 0 atom stereocenters. The number of nitrogens with one attached hydrogen (secondary N) is 2. The van der Waals surface area contributed by atoms with Gasteiger partial charge in [0.25, 0.3) is 5.56 Å². The molecule has 5 nitrogen and oxygen atoms in total. The van der Waals surface area contributed by atoms with E-state index in [1.807, 2.05) is 12.3 Å². The highest BCUT2D eigenvalue weighted by Gasteiger charge is 2.26. The zero-order chi connectivity index (χ0) is 14.2. The Bertz CT molecular complexity index is 714. The van der Waals surface area contributed by atoms with Crippen LogP contribution in [0.4, 0.5) is 0 Å². The number of pyridine rings is 2. The molecule has 5 heteroatoms. The van der Waals surface area contributed by atoms with E-state index in [1.165, 1.54) is 5.56 Å². The minimum atomic E-state index is 0.0612. The van der Waals surface area contributed by atoms with Crippen LogP contribution in [0.1, 0.15) is 29.9 Å². The normalized spacial score (nSPS) is 20.0. The first kappa shape index (κ1) is 13.0.